The zero-order valence-corrected chi connectivity index (χ0v) is 10.2. The number of aliphatic hydroxyl groups excluding tert-OH is 1. The number of hydrogen-bond donors (Lipinski definition) is 1. The van der Waals surface area contributed by atoms with Gasteiger partial charge in [0.25, 0.3) is 0 Å². The number of ether oxygens (including phenoxy) is 1. The van der Waals surface area contributed by atoms with Gasteiger partial charge in [-0.3, -0.25) is 9.69 Å². The van der Waals surface area contributed by atoms with Crippen molar-refractivity contribution in [3.8, 4) is 0 Å². The van der Waals surface area contributed by atoms with E-state index < -0.39 is 37.4 Å². The lowest BCUT2D eigenvalue weighted by Crippen LogP contribution is -2.41. The van der Waals surface area contributed by atoms with E-state index >= 15 is 0 Å². The van der Waals surface area contributed by atoms with Crippen LogP contribution in [0.3, 0.4) is 0 Å². The lowest BCUT2D eigenvalue weighted by atomic mass is 10.2. The summed E-state index contributed by atoms with van der Waals surface area (Å²) in [6.45, 7) is 2.49. The average molecular weight is 257 g/mol. The molecular weight excluding hydrogens is 239 g/mol. The maximum atomic E-state index is 12.1. The molecule has 0 radical (unpaired) electrons. The Morgan fingerprint density at radius 3 is 2.18 bits per heavy atom. The fourth-order valence-corrected chi connectivity index (χ4v) is 1.17. The first-order valence-corrected chi connectivity index (χ1v) is 5.15. The molecule has 1 N–H and O–H groups in total. The number of halogens is 3. The molecule has 0 fully saturated rings. The molecule has 0 aromatic carbocycles. The molecule has 0 aliphatic heterocycles. The minimum Gasteiger partial charge on any atom is -0.459 e. The van der Waals surface area contributed by atoms with E-state index in [1.165, 1.54) is 0 Å². The van der Waals surface area contributed by atoms with Gasteiger partial charge in [0, 0.05) is 6.54 Å². The Hall–Kier alpha value is -0.820. The fourth-order valence-electron chi connectivity index (χ4n) is 1.17. The summed E-state index contributed by atoms with van der Waals surface area (Å²) in [6, 6.07) is 0. The fraction of sp³-hybridized carbons (Fsp3) is 0.900. The molecule has 0 heterocycles. The van der Waals surface area contributed by atoms with Crippen molar-refractivity contribution in [1.29, 1.82) is 0 Å². The number of hydrogen-bond acceptors (Lipinski definition) is 4. The molecule has 0 spiro atoms. The number of esters is 1. The predicted octanol–water partition coefficient (Wildman–Crippen LogP) is 1.18. The highest BCUT2D eigenvalue weighted by molar-refractivity contribution is 5.72. The van der Waals surface area contributed by atoms with Crippen LogP contribution in [0.25, 0.3) is 0 Å². The monoisotopic (exact) mass is 257 g/mol. The van der Waals surface area contributed by atoms with Crippen molar-refractivity contribution in [1.82, 2.24) is 4.90 Å². The summed E-state index contributed by atoms with van der Waals surface area (Å²) in [5.74, 6) is -0.741. The normalized spacial score (nSPS) is 12.9. The van der Waals surface area contributed by atoms with Crippen LogP contribution < -0.4 is 0 Å². The van der Waals surface area contributed by atoms with Crippen molar-refractivity contribution >= 4 is 5.97 Å². The summed E-state index contributed by atoms with van der Waals surface area (Å²) in [5, 5.41) is 8.62. The quantitative estimate of drug-likeness (QED) is 0.751. The molecule has 0 bridgehead atoms. The molecule has 0 aromatic heterocycles. The number of rotatable bonds is 5. The van der Waals surface area contributed by atoms with E-state index in [0.29, 0.717) is 0 Å². The highest BCUT2D eigenvalue weighted by Crippen LogP contribution is 2.16. The lowest BCUT2D eigenvalue weighted by molar-refractivity contribution is -0.164. The van der Waals surface area contributed by atoms with E-state index in [0.717, 1.165) is 4.90 Å². The van der Waals surface area contributed by atoms with E-state index in [4.69, 9.17) is 9.84 Å². The largest absolute Gasteiger partial charge is 0.459 e. The van der Waals surface area contributed by atoms with Crippen molar-refractivity contribution in [2.24, 2.45) is 0 Å². The number of carbonyl (C=O) groups is 1. The van der Waals surface area contributed by atoms with Crippen molar-refractivity contribution in [2.75, 3.05) is 26.2 Å². The Morgan fingerprint density at radius 1 is 1.29 bits per heavy atom. The van der Waals surface area contributed by atoms with Crippen LogP contribution in [0.5, 0.6) is 0 Å². The van der Waals surface area contributed by atoms with Crippen LogP contribution in [-0.2, 0) is 9.53 Å². The van der Waals surface area contributed by atoms with E-state index in [9.17, 15) is 18.0 Å². The van der Waals surface area contributed by atoms with Crippen molar-refractivity contribution in [3.05, 3.63) is 0 Å². The second-order valence-corrected chi connectivity index (χ2v) is 4.64. The number of nitrogens with zero attached hydrogens (tertiary/aromatic N) is 1. The molecule has 0 saturated heterocycles. The average Bonchev–Trinajstić information content (AvgIpc) is 1.95. The molecule has 0 amide bonds. The van der Waals surface area contributed by atoms with Gasteiger partial charge in [0.1, 0.15) is 5.60 Å². The number of carbonyl (C=O) groups excluding carboxylic acids is 1. The molecule has 0 saturated carbocycles. The second-order valence-electron chi connectivity index (χ2n) is 4.64. The third kappa shape index (κ3) is 10.1. The van der Waals surface area contributed by atoms with Crippen LogP contribution >= 0.6 is 0 Å². The van der Waals surface area contributed by atoms with E-state index in [1.54, 1.807) is 20.8 Å². The van der Waals surface area contributed by atoms with E-state index in [2.05, 4.69) is 0 Å². The van der Waals surface area contributed by atoms with Crippen LogP contribution in [0.2, 0.25) is 0 Å². The van der Waals surface area contributed by atoms with Gasteiger partial charge in [-0.05, 0) is 20.8 Å². The van der Waals surface area contributed by atoms with Crippen LogP contribution in [0, 0.1) is 0 Å². The maximum Gasteiger partial charge on any atom is 0.401 e. The molecule has 7 heteroatoms. The lowest BCUT2D eigenvalue weighted by Gasteiger charge is -2.25. The highest BCUT2D eigenvalue weighted by Gasteiger charge is 2.32. The van der Waals surface area contributed by atoms with Gasteiger partial charge in [0.05, 0.1) is 19.7 Å². The zero-order chi connectivity index (χ0) is 13.7. The molecule has 102 valence electrons. The summed E-state index contributed by atoms with van der Waals surface area (Å²) in [5.41, 5.74) is -0.736. The van der Waals surface area contributed by atoms with Crippen LogP contribution in [0.1, 0.15) is 20.8 Å². The smallest absolute Gasteiger partial charge is 0.401 e. The molecule has 17 heavy (non-hydrogen) atoms. The van der Waals surface area contributed by atoms with Gasteiger partial charge in [-0.15, -0.1) is 0 Å². The Bertz CT molecular complexity index is 248. The molecule has 0 aromatic rings. The molecule has 0 aliphatic rings. The summed E-state index contributed by atoms with van der Waals surface area (Å²) in [6.07, 6.45) is -4.41. The third-order valence-corrected chi connectivity index (χ3v) is 1.59. The SMILES string of the molecule is CC(C)(C)OC(=O)CN(CCO)CC(F)(F)F. The zero-order valence-electron chi connectivity index (χ0n) is 10.2. The van der Waals surface area contributed by atoms with Crippen LogP contribution in [0.15, 0.2) is 0 Å². The molecule has 0 atom stereocenters. The van der Waals surface area contributed by atoms with Crippen LogP contribution in [-0.4, -0.2) is 54.0 Å². The van der Waals surface area contributed by atoms with Gasteiger partial charge in [0.2, 0.25) is 0 Å². The van der Waals surface area contributed by atoms with Gasteiger partial charge in [-0.2, -0.15) is 13.2 Å². The summed E-state index contributed by atoms with van der Waals surface area (Å²) < 4.78 is 41.3. The van der Waals surface area contributed by atoms with Gasteiger partial charge < -0.3 is 9.84 Å². The minimum atomic E-state index is -4.41. The van der Waals surface area contributed by atoms with Crippen molar-refractivity contribution in [3.63, 3.8) is 0 Å². The summed E-state index contributed by atoms with van der Waals surface area (Å²) in [7, 11) is 0. The standard InChI is InChI=1S/C10H18F3NO3/c1-9(2,3)17-8(16)6-14(4-5-15)7-10(11,12)13/h15H,4-7H2,1-3H3. The first-order valence-electron chi connectivity index (χ1n) is 5.15. The highest BCUT2D eigenvalue weighted by atomic mass is 19.4. The predicted molar refractivity (Wildman–Crippen MR) is 55.4 cm³/mol. The maximum absolute atomic E-state index is 12.1. The Kier molecular flexibility index (Phi) is 5.91. The van der Waals surface area contributed by atoms with Gasteiger partial charge >= 0.3 is 12.1 Å². The molecule has 0 rings (SSSR count). The first-order chi connectivity index (χ1) is 7.53. The van der Waals surface area contributed by atoms with Crippen LogP contribution in [0.4, 0.5) is 13.2 Å². The Labute approximate surface area is 98.3 Å². The van der Waals surface area contributed by atoms with Gasteiger partial charge in [-0.1, -0.05) is 0 Å². The Morgan fingerprint density at radius 2 is 1.82 bits per heavy atom. The minimum absolute atomic E-state index is 0.223. The Balaban J connectivity index is 4.30. The topological polar surface area (TPSA) is 49.8 Å². The third-order valence-electron chi connectivity index (χ3n) is 1.59. The van der Waals surface area contributed by atoms with E-state index in [-0.39, 0.29) is 6.54 Å². The molecule has 0 unspecified atom stereocenters. The van der Waals surface area contributed by atoms with Crippen molar-refractivity contribution < 1.29 is 27.8 Å². The second kappa shape index (κ2) is 6.20. The molecule has 4 nitrogen and oxygen atoms in total. The summed E-state index contributed by atoms with van der Waals surface area (Å²) in [4.78, 5) is 12.1. The van der Waals surface area contributed by atoms with Crippen molar-refractivity contribution in [2.45, 2.75) is 32.5 Å². The molecule has 0 aliphatic carbocycles. The molecular formula is C10H18F3NO3. The number of alkyl halides is 3. The first kappa shape index (κ1) is 16.2. The van der Waals surface area contributed by atoms with Gasteiger partial charge in [0.15, 0.2) is 0 Å². The van der Waals surface area contributed by atoms with E-state index in [1.807, 2.05) is 0 Å². The summed E-state index contributed by atoms with van der Waals surface area (Å²) >= 11 is 0. The number of aliphatic hydroxyl groups is 1. The van der Waals surface area contributed by atoms with Gasteiger partial charge in [-0.25, -0.2) is 0 Å².